The minimum Gasteiger partial charge on any atom is -0.346 e. The van der Waals surface area contributed by atoms with Crippen molar-refractivity contribution in [2.75, 3.05) is 0 Å². The van der Waals surface area contributed by atoms with Crippen LogP contribution < -0.4 is 5.43 Å². The summed E-state index contributed by atoms with van der Waals surface area (Å²) < 4.78 is 1.70. The van der Waals surface area contributed by atoms with E-state index in [9.17, 15) is 9.59 Å². The molecule has 3 heterocycles. The first-order chi connectivity index (χ1) is 11.6. The van der Waals surface area contributed by atoms with Gasteiger partial charge in [-0.2, -0.15) is 5.10 Å². The molecule has 24 heavy (non-hydrogen) atoms. The smallest absolute Gasteiger partial charge is 0.191 e. The molecular weight excluding hydrogens is 304 g/mol. The van der Waals surface area contributed by atoms with Gasteiger partial charge in [-0.3, -0.25) is 14.3 Å². The normalized spacial score (nSPS) is 14.2. The van der Waals surface area contributed by atoms with Gasteiger partial charge in [-0.1, -0.05) is 12.2 Å². The van der Waals surface area contributed by atoms with E-state index in [4.69, 9.17) is 0 Å². The third-order valence-electron chi connectivity index (χ3n) is 3.98. The highest BCUT2D eigenvalue weighted by Crippen LogP contribution is 2.30. The summed E-state index contributed by atoms with van der Waals surface area (Å²) in [4.78, 5) is 31.2. The van der Waals surface area contributed by atoms with Gasteiger partial charge in [0.1, 0.15) is 17.0 Å². The Balaban J connectivity index is 2.02. The molecular formula is C18H14N4O2. The van der Waals surface area contributed by atoms with E-state index in [2.05, 4.69) is 15.1 Å². The fraction of sp³-hybridized carbons (Fsp3) is 0.111. The van der Waals surface area contributed by atoms with Gasteiger partial charge in [-0.05, 0) is 23.8 Å². The summed E-state index contributed by atoms with van der Waals surface area (Å²) in [5.74, 6) is 0.0599. The molecule has 0 amide bonds. The van der Waals surface area contributed by atoms with Crippen LogP contribution >= 0.6 is 0 Å². The zero-order valence-corrected chi connectivity index (χ0v) is 13.0. The largest absolute Gasteiger partial charge is 0.346 e. The zero-order chi connectivity index (χ0) is 16.7. The number of allylic oxidation sites excluding steroid dienone is 4. The van der Waals surface area contributed by atoms with Gasteiger partial charge in [0.25, 0.3) is 0 Å². The van der Waals surface area contributed by atoms with Crippen molar-refractivity contribution in [3.8, 4) is 11.4 Å². The van der Waals surface area contributed by atoms with E-state index in [1.807, 2.05) is 31.5 Å². The number of aromatic amines is 1. The number of hydrogen-bond acceptors (Lipinski definition) is 4. The maximum Gasteiger partial charge on any atom is 0.191 e. The number of fused-ring (bicyclic) bond motifs is 1. The molecule has 0 saturated heterocycles. The summed E-state index contributed by atoms with van der Waals surface area (Å²) in [5.41, 5.74) is 3.47. The van der Waals surface area contributed by atoms with Crippen LogP contribution in [0.3, 0.4) is 0 Å². The predicted molar refractivity (Wildman–Crippen MR) is 91.3 cm³/mol. The van der Waals surface area contributed by atoms with Crippen molar-refractivity contribution < 1.29 is 4.79 Å². The van der Waals surface area contributed by atoms with Crippen LogP contribution in [0.4, 0.5) is 0 Å². The van der Waals surface area contributed by atoms with Gasteiger partial charge < -0.3 is 4.98 Å². The number of carbonyl (C=O) groups excluding carboxylic acids is 1. The molecule has 3 aromatic heterocycles. The summed E-state index contributed by atoms with van der Waals surface area (Å²) in [5, 5.41) is 4.94. The zero-order valence-electron chi connectivity index (χ0n) is 13.0. The minimum absolute atomic E-state index is 0.0599. The predicted octanol–water partition coefficient (Wildman–Crippen LogP) is 2.24. The Hall–Kier alpha value is -3.28. The maximum absolute atomic E-state index is 12.1. The number of aryl methyl sites for hydroxylation is 1. The first-order valence-electron chi connectivity index (χ1n) is 7.56. The van der Waals surface area contributed by atoms with Crippen LogP contribution in [0.1, 0.15) is 12.0 Å². The van der Waals surface area contributed by atoms with Crippen molar-refractivity contribution in [3.05, 3.63) is 64.6 Å². The van der Waals surface area contributed by atoms with Crippen LogP contribution in [0, 0.1) is 0 Å². The Labute approximate surface area is 137 Å². The lowest BCUT2D eigenvalue weighted by Gasteiger charge is -2.12. The molecule has 118 valence electrons. The molecule has 0 spiro atoms. The van der Waals surface area contributed by atoms with Gasteiger partial charge >= 0.3 is 0 Å². The van der Waals surface area contributed by atoms with Gasteiger partial charge in [0.15, 0.2) is 11.2 Å². The van der Waals surface area contributed by atoms with E-state index in [-0.39, 0.29) is 11.2 Å². The second-order valence-corrected chi connectivity index (χ2v) is 5.66. The van der Waals surface area contributed by atoms with Gasteiger partial charge in [0.05, 0.1) is 5.39 Å². The number of ketones is 1. The third kappa shape index (κ3) is 2.38. The molecule has 1 N–H and O–H groups in total. The van der Waals surface area contributed by atoms with Crippen LogP contribution in [0.2, 0.25) is 0 Å². The monoisotopic (exact) mass is 318 g/mol. The molecule has 4 rings (SSSR count). The van der Waals surface area contributed by atoms with E-state index < -0.39 is 0 Å². The van der Waals surface area contributed by atoms with Crippen molar-refractivity contribution in [1.82, 2.24) is 19.7 Å². The van der Waals surface area contributed by atoms with Gasteiger partial charge in [0.2, 0.25) is 0 Å². The Morgan fingerprint density at radius 2 is 2.08 bits per heavy atom. The maximum atomic E-state index is 12.1. The lowest BCUT2D eigenvalue weighted by Crippen LogP contribution is -2.06. The summed E-state index contributed by atoms with van der Waals surface area (Å²) in [6, 6.07) is 5.16. The van der Waals surface area contributed by atoms with Crippen molar-refractivity contribution in [2.45, 2.75) is 6.42 Å². The lowest BCUT2D eigenvalue weighted by atomic mass is 9.96. The standard InChI is InChI=1S/C18H14N4O2/c1-22-9-7-15(21-22)17-13(11-2-4-12(23)5-3-11)10-14-16(24)6-8-19-18(14)20-17/h2-4,6-10H,5H2,1H3,(H,19,20,24). The van der Waals surface area contributed by atoms with Gasteiger partial charge in [0, 0.05) is 37.5 Å². The molecule has 3 aromatic rings. The molecule has 0 bridgehead atoms. The van der Waals surface area contributed by atoms with Crippen molar-refractivity contribution in [3.63, 3.8) is 0 Å². The van der Waals surface area contributed by atoms with Crippen molar-refractivity contribution in [1.29, 1.82) is 0 Å². The molecule has 0 radical (unpaired) electrons. The fourth-order valence-corrected chi connectivity index (χ4v) is 2.78. The highest BCUT2D eigenvalue weighted by Gasteiger charge is 2.17. The topological polar surface area (TPSA) is 80.6 Å². The first-order valence-corrected chi connectivity index (χ1v) is 7.56. The molecule has 0 unspecified atom stereocenters. The van der Waals surface area contributed by atoms with Crippen LogP contribution in [-0.2, 0) is 11.8 Å². The summed E-state index contributed by atoms with van der Waals surface area (Å²) in [6.45, 7) is 0. The number of pyridine rings is 2. The Morgan fingerprint density at radius 3 is 2.79 bits per heavy atom. The fourth-order valence-electron chi connectivity index (χ4n) is 2.78. The van der Waals surface area contributed by atoms with E-state index in [1.165, 1.54) is 6.07 Å². The summed E-state index contributed by atoms with van der Waals surface area (Å²) in [6.07, 6.45) is 8.94. The molecule has 0 aromatic carbocycles. The average molecular weight is 318 g/mol. The summed E-state index contributed by atoms with van der Waals surface area (Å²) >= 11 is 0. The van der Waals surface area contributed by atoms with Crippen LogP contribution in [0.15, 0.2) is 53.6 Å². The van der Waals surface area contributed by atoms with Crippen LogP contribution in [0.5, 0.6) is 0 Å². The molecule has 1 aliphatic rings. The Morgan fingerprint density at radius 1 is 1.21 bits per heavy atom. The van der Waals surface area contributed by atoms with Gasteiger partial charge in [-0.15, -0.1) is 0 Å². The first kappa shape index (κ1) is 14.3. The molecule has 6 heteroatoms. The second-order valence-electron chi connectivity index (χ2n) is 5.66. The number of nitrogens with one attached hydrogen (secondary N) is 1. The molecule has 0 aliphatic heterocycles. The number of aromatic nitrogens is 4. The van der Waals surface area contributed by atoms with E-state index in [0.717, 1.165) is 11.1 Å². The van der Waals surface area contributed by atoms with Crippen molar-refractivity contribution >= 4 is 22.4 Å². The number of carbonyl (C=O) groups is 1. The summed E-state index contributed by atoms with van der Waals surface area (Å²) in [7, 11) is 1.84. The van der Waals surface area contributed by atoms with E-state index >= 15 is 0 Å². The number of H-pyrrole nitrogens is 1. The minimum atomic E-state index is -0.0958. The lowest BCUT2D eigenvalue weighted by molar-refractivity contribution is -0.113. The van der Waals surface area contributed by atoms with E-state index in [0.29, 0.717) is 28.8 Å². The number of hydrogen-bond donors (Lipinski definition) is 1. The average Bonchev–Trinajstić information content (AvgIpc) is 3.01. The number of rotatable bonds is 2. The second kappa shape index (κ2) is 5.42. The van der Waals surface area contributed by atoms with Crippen LogP contribution in [-0.4, -0.2) is 25.5 Å². The quantitative estimate of drug-likeness (QED) is 0.786. The van der Waals surface area contributed by atoms with Crippen LogP contribution in [0.25, 0.3) is 28.0 Å². The Kier molecular flexibility index (Phi) is 3.23. The molecule has 0 fully saturated rings. The molecule has 1 aliphatic carbocycles. The highest BCUT2D eigenvalue weighted by molar-refractivity contribution is 6.00. The third-order valence-corrected chi connectivity index (χ3v) is 3.98. The Bertz CT molecular complexity index is 1090. The van der Waals surface area contributed by atoms with E-state index in [1.54, 1.807) is 23.0 Å². The molecule has 6 nitrogen and oxygen atoms in total. The highest BCUT2D eigenvalue weighted by atomic mass is 16.1. The number of nitrogens with zero attached hydrogens (tertiary/aromatic N) is 3. The molecule has 0 saturated carbocycles. The van der Waals surface area contributed by atoms with Crippen molar-refractivity contribution in [2.24, 2.45) is 7.05 Å². The molecule has 0 atom stereocenters. The SMILES string of the molecule is Cn1ccc(-c2nc3[nH]ccc(=O)c3cc2C2=CCC(=O)C=C2)n1. The van der Waals surface area contributed by atoms with Gasteiger partial charge in [-0.25, -0.2) is 4.98 Å².